The summed E-state index contributed by atoms with van der Waals surface area (Å²) < 4.78 is 24.0. The summed E-state index contributed by atoms with van der Waals surface area (Å²) in [5, 5.41) is 64.3. The van der Waals surface area contributed by atoms with Crippen molar-refractivity contribution in [1.82, 2.24) is 21.3 Å². The second-order valence-corrected chi connectivity index (χ2v) is 11.9. The second-order valence-electron chi connectivity index (χ2n) is 11.9. The third-order valence-corrected chi connectivity index (χ3v) is 8.47. The number of aliphatic hydroxyl groups is 5. The number of carbonyl (C=O) groups is 1. The molecule has 0 unspecified atom stereocenters. The minimum absolute atomic E-state index is 0.00565. The van der Waals surface area contributed by atoms with Gasteiger partial charge in [-0.25, -0.2) is 0 Å². The zero-order valence-corrected chi connectivity index (χ0v) is 23.6. The molecule has 1 amide bonds. The SMILES string of the molecule is CN[C@@H]1[C@@H](O)[C@@H](O[C@@H]2[C@H](O)[C@H](O[C@H]3O[C@H](CNCCO)CC[C@H]3N)[C@@H](N)C[C@H]2NC(=O)C2(O)CNC2)OC[C@]1(C)O. The summed E-state index contributed by atoms with van der Waals surface area (Å²) in [6, 6.07) is -2.95. The van der Waals surface area contributed by atoms with Crippen LogP contribution < -0.4 is 32.7 Å². The Balaban J connectivity index is 1.50. The Kier molecular flexibility index (Phi) is 11.0. The normalized spacial score (nSPS) is 44.7. The summed E-state index contributed by atoms with van der Waals surface area (Å²) in [5.74, 6) is -0.648. The Morgan fingerprint density at radius 1 is 1.07 bits per heavy atom. The lowest BCUT2D eigenvalue weighted by atomic mass is 9.82. The Hall–Kier alpha value is -1.09. The number of amides is 1. The summed E-state index contributed by atoms with van der Waals surface area (Å²) in [6.45, 7) is 2.40. The van der Waals surface area contributed by atoms with Crippen LogP contribution in [0.25, 0.3) is 0 Å². The number of nitrogens with two attached hydrogens (primary N) is 2. The first-order valence-electron chi connectivity index (χ1n) is 14.3. The van der Waals surface area contributed by atoms with Crippen LogP contribution in [0.15, 0.2) is 0 Å². The molecule has 3 aliphatic heterocycles. The van der Waals surface area contributed by atoms with E-state index in [2.05, 4.69) is 21.3 Å². The molecule has 13 N–H and O–H groups in total. The van der Waals surface area contributed by atoms with Gasteiger partial charge in [-0.05, 0) is 33.2 Å². The number of ether oxygens (including phenoxy) is 4. The van der Waals surface area contributed by atoms with Crippen molar-refractivity contribution < 1.29 is 49.3 Å². The van der Waals surface area contributed by atoms with E-state index in [1.54, 1.807) is 7.05 Å². The third kappa shape index (κ3) is 7.35. The first kappa shape index (κ1) is 32.8. The Morgan fingerprint density at radius 3 is 2.41 bits per heavy atom. The van der Waals surface area contributed by atoms with Crippen LogP contribution >= 0.6 is 0 Å². The molecule has 41 heavy (non-hydrogen) atoms. The fourth-order valence-corrected chi connectivity index (χ4v) is 5.94. The lowest BCUT2D eigenvalue weighted by Gasteiger charge is -2.49. The van der Waals surface area contributed by atoms with Gasteiger partial charge in [-0.2, -0.15) is 0 Å². The molecule has 4 rings (SSSR count). The topological polar surface area (TPSA) is 255 Å². The number of rotatable bonds is 11. The van der Waals surface area contributed by atoms with Crippen molar-refractivity contribution >= 4 is 5.91 Å². The van der Waals surface area contributed by atoms with E-state index >= 15 is 0 Å². The van der Waals surface area contributed by atoms with Crippen LogP contribution in [-0.2, 0) is 23.7 Å². The van der Waals surface area contributed by atoms with Crippen LogP contribution in [0.2, 0.25) is 0 Å². The summed E-state index contributed by atoms with van der Waals surface area (Å²) in [5.41, 5.74) is 9.75. The number of nitrogens with one attached hydrogen (secondary N) is 4. The van der Waals surface area contributed by atoms with Crippen LogP contribution in [0.4, 0.5) is 0 Å². The Labute approximate surface area is 239 Å². The summed E-state index contributed by atoms with van der Waals surface area (Å²) >= 11 is 0. The van der Waals surface area contributed by atoms with Crippen LogP contribution in [0.1, 0.15) is 26.2 Å². The first-order valence-corrected chi connectivity index (χ1v) is 14.3. The highest BCUT2D eigenvalue weighted by Gasteiger charge is 2.53. The van der Waals surface area contributed by atoms with Crippen LogP contribution in [-0.4, -0.2) is 156 Å². The molecule has 1 aliphatic carbocycles. The van der Waals surface area contributed by atoms with Gasteiger partial charge < -0.3 is 77.2 Å². The molecule has 3 saturated heterocycles. The predicted molar refractivity (Wildman–Crippen MR) is 143 cm³/mol. The molecule has 0 aromatic carbocycles. The highest BCUT2D eigenvalue weighted by atomic mass is 16.7. The highest BCUT2D eigenvalue weighted by molar-refractivity contribution is 5.87. The Bertz CT molecular complexity index is 869. The number of hydrogen-bond donors (Lipinski definition) is 11. The van der Waals surface area contributed by atoms with Gasteiger partial charge in [0.1, 0.15) is 30.0 Å². The van der Waals surface area contributed by atoms with E-state index in [4.69, 9.17) is 35.5 Å². The smallest absolute Gasteiger partial charge is 0.254 e. The number of β-amino-alcohol motifs (C(OH)–C–C–N with tert-alkyl or cyclic N) is 1. The maximum Gasteiger partial charge on any atom is 0.254 e. The minimum atomic E-state index is -1.61. The van der Waals surface area contributed by atoms with Gasteiger partial charge >= 0.3 is 0 Å². The van der Waals surface area contributed by atoms with Crippen molar-refractivity contribution in [2.24, 2.45) is 11.5 Å². The standard InChI is InChI=1S/C25H48N6O10/c1-24(36)11-38-22(17(34)20(24)28-2)41-19-15(31-23(35)25(37)9-30-10-25)7-14(27)18(16(19)33)40-21-13(26)4-3-12(39-21)8-29-5-6-32/h12-22,28-30,32-34,36-37H,3-11,26-27H2,1-2H3,(H,31,35)/t12-,13+,14-,15+,16+,17+,18+,19-,20+,21+,22+,24-/m0/s1. The summed E-state index contributed by atoms with van der Waals surface area (Å²) in [6.07, 6.45) is -5.95. The monoisotopic (exact) mass is 592 g/mol. The van der Waals surface area contributed by atoms with Gasteiger partial charge in [0.2, 0.25) is 0 Å². The molecule has 0 spiro atoms. The summed E-state index contributed by atoms with van der Waals surface area (Å²) in [7, 11) is 1.58. The number of hydrogen-bond acceptors (Lipinski definition) is 15. The minimum Gasteiger partial charge on any atom is -0.395 e. The van der Waals surface area contributed by atoms with E-state index in [9.17, 15) is 25.2 Å². The predicted octanol–water partition coefficient (Wildman–Crippen LogP) is -5.86. The fraction of sp³-hybridized carbons (Fsp3) is 0.960. The van der Waals surface area contributed by atoms with E-state index in [0.29, 0.717) is 25.9 Å². The van der Waals surface area contributed by atoms with Gasteiger partial charge in [0.25, 0.3) is 5.91 Å². The third-order valence-electron chi connectivity index (χ3n) is 8.47. The van der Waals surface area contributed by atoms with Crippen molar-refractivity contribution in [3.05, 3.63) is 0 Å². The van der Waals surface area contributed by atoms with Gasteiger partial charge in [-0.3, -0.25) is 4.79 Å². The van der Waals surface area contributed by atoms with E-state index in [-0.39, 0.29) is 38.8 Å². The lowest BCUT2D eigenvalue weighted by Crippen LogP contribution is -2.72. The quantitative estimate of drug-likeness (QED) is 0.0999. The van der Waals surface area contributed by atoms with Crippen molar-refractivity contribution in [2.75, 3.05) is 46.4 Å². The molecule has 0 bridgehead atoms. The van der Waals surface area contributed by atoms with Crippen LogP contribution in [0.3, 0.4) is 0 Å². The maximum absolute atomic E-state index is 12.9. The number of aliphatic hydroxyl groups excluding tert-OH is 3. The maximum atomic E-state index is 12.9. The largest absolute Gasteiger partial charge is 0.395 e. The van der Waals surface area contributed by atoms with Gasteiger partial charge in [-0.15, -0.1) is 0 Å². The van der Waals surface area contributed by atoms with E-state index < -0.39 is 78.3 Å². The first-order chi connectivity index (χ1) is 19.4. The zero-order chi connectivity index (χ0) is 29.9. The molecular weight excluding hydrogens is 544 g/mol. The molecule has 16 nitrogen and oxygen atoms in total. The van der Waals surface area contributed by atoms with Crippen molar-refractivity contribution in [3.63, 3.8) is 0 Å². The van der Waals surface area contributed by atoms with Crippen molar-refractivity contribution in [2.45, 2.75) is 105 Å². The molecular formula is C25H48N6O10. The number of carbonyl (C=O) groups excluding carboxylic acids is 1. The molecule has 0 aromatic heterocycles. The molecule has 4 aliphatic rings. The second kappa shape index (κ2) is 13.7. The van der Waals surface area contributed by atoms with Crippen molar-refractivity contribution in [1.29, 1.82) is 0 Å². The van der Waals surface area contributed by atoms with Crippen LogP contribution in [0.5, 0.6) is 0 Å². The molecule has 238 valence electrons. The molecule has 12 atom stereocenters. The number of likely N-dealkylation sites (N-methyl/N-ethyl adjacent to an activating group) is 1. The summed E-state index contributed by atoms with van der Waals surface area (Å²) in [4.78, 5) is 12.9. The van der Waals surface area contributed by atoms with Gasteiger partial charge in [0.15, 0.2) is 18.2 Å². The molecule has 0 aromatic rings. The van der Waals surface area contributed by atoms with E-state index in [1.165, 1.54) is 6.92 Å². The molecule has 16 heteroatoms. The lowest BCUT2D eigenvalue weighted by molar-refractivity contribution is -0.308. The van der Waals surface area contributed by atoms with Gasteiger partial charge in [-0.1, -0.05) is 0 Å². The fourth-order valence-electron chi connectivity index (χ4n) is 5.94. The van der Waals surface area contributed by atoms with Crippen LogP contribution in [0, 0.1) is 0 Å². The molecule has 4 fully saturated rings. The van der Waals surface area contributed by atoms with E-state index in [0.717, 1.165) is 0 Å². The molecule has 3 heterocycles. The molecule has 1 saturated carbocycles. The zero-order valence-electron chi connectivity index (χ0n) is 23.6. The molecule has 0 radical (unpaired) electrons. The Morgan fingerprint density at radius 2 is 1.78 bits per heavy atom. The highest BCUT2D eigenvalue weighted by Crippen LogP contribution is 2.32. The van der Waals surface area contributed by atoms with Crippen molar-refractivity contribution in [3.8, 4) is 0 Å². The average Bonchev–Trinajstić information content (AvgIpc) is 2.90. The van der Waals surface area contributed by atoms with Gasteiger partial charge in [0, 0.05) is 32.2 Å². The van der Waals surface area contributed by atoms with E-state index in [1.807, 2.05) is 0 Å². The van der Waals surface area contributed by atoms with Gasteiger partial charge in [0.05, 0.1) is 37.4 Å². The average molecular weight is 593 g/mol.